The second kappa shape index (κ2) is 9.72. The Hall–Kier alpha value is 0.769. The van der Waals surface area contributed by atoms with Gasteiger partial charge in [0.1, 0.15) is 0 Å². The fourth-order valence-corrected chi connectivity index (χ4v) is 2.80. The molecule has 0 radical (unpaired) electrons. The average Bonchev–Trinajstić information content (AvgIpc) is 2.22. The van der Waals surface area contributed by atoms with Crippen LogP contribution in [0.25, 0.3) is 9.96 Å². The maximum absolute atomic E-state index is 4.79. The smallest absolute Gasteiger partial charge is 0.661 e. The Labute approximate surface area is 151 Å². The number of nitrogens with zero attached hydrogens (tertiary/aromatic N) is 2. The van der Waals surface area contributed by atoms with Crippen molar-refractivity contribution in [1.29, 1.82) is 0 Å². The summed E-state index contributed by atoms with van der Waals surface area (Å²) in [6, 6.07) is 8.72. The summed E-state index contributed by atoms with van der Waals surface area (Å²) in [6.45, 7) is 15.4. The maximum Gasteiger partial charge on any atom is 1.00 e. The summed E-state index contributed by atoms with van der Waals surface area (Å²) >= 11 is 0. The first-order valence-electron chi connectivity index (χ1n) is 6.61. The minimum absolute atomic E-state index is 0. The molecule has 0 atom stereocenters. The molecule has 2 nitrogen and oxygen atoms in total. The molecular formula is C14H26Li2N2Si2. The number of rotatable bonds is 6. The van der Waals surface area contributed by atoms with Crippen molar-refractivity contribution in [3.8, 4) is 0 Å². The van der Waals surface area contributed by atoms with Gasteiger partial charge in [-0.25, -0.2) is 0 Å². The molecule has 102 valence electrons. The van der Waals surface area contributed by atoms with E-state index >= 15 is 0 Å². The Morgan fingerprint density at radius 3 is 1.40 bits per heavy atom. The van der Waals surface area contributed by atoms with Gasteiger partial charge in [-0.2, -0.15) is 0 Å². The summed E-state index contributed by atoms with van der Waals surface area (Å²) in [7, 11) is -2.59. The van der Waals surface area contributed by atoms with Crippen molar-refractivity contribution < 1.29 is 37.7 Å². The van der Waals surface area contributed by atoms with E-state index in [1.165, 1.54) is 11.1 Å². The van der Waals surface area contributed by atoms with Crippen LogP contribution < -0.4 is 37.7 Å². The predicted molar refractivity (Wildman–Crippen MR) is 87.3 cm³/mol. The topological polar surface area (TPSA) is 28.2 Å². The zero-order chi connectivity index (χ0) is 13.8. The fourth-order valence-electron chi connectivity index (χ4n) is 1.48. The van der Waals surface area contributed by atoms with E-state index in [0.717, 1.165) is 13.1 Å². The fraction of sp³-hybridized carbons (Fsp3) is 0.571. The van der Waals surface area contributed by atoms with Gasteiger partial charge in [-0.1, -0.05) is 91.1 Å². The molecule has 6 heteroatoms. The zero-order valence-electron chi connectivity index (χ0n) is 14.6. The van der Waals surface area contributed by atoms with E-state index in [0.29, 0.717) is 0 Å². The summed E-state index contributed by atoms with van der Waals surface area (Å²) in [5, 5.41) is 0. The van der Waals surface area contributed by atoms with Crippen molar-refractivity contribution in [3.63, 3.8) is 0 Å². The SMILES string of the molecule is C[Si](C)(C)[N-]Cc1cccc(C[N-][Si](C)(C)C)c1.[Li+].[Li+]. The van der Waals surface area contributed by atoms with Crippen molar-refractivity contribution in [1.82, 2.24) is 0 Å². The van der Waals surface area contributed by atoms with E-state index in [2.05, 4.69) is 63.5 Å². The Morgan fingerprint density at radius 2 is 1.10 bits per heavy atom. The van der Waals surface area contributed by atoms with E-state index < -0.39 is 16.5 Å². The van der Waals surface area contributed by atoms with Crippen LogP contribution in [0.1, 0.15) is 11.1 Å². The normalized spacial score (nSPS) is 11.5. The van der Waals surface area contributed by atoms with Crippen molar-refractivity contribution >= 4 is 16.5 Å². The first-order valence-corrected chi connectivity index (χ1v) is 13.5. The zero-order valence-corrected chi connectivity index (χ0v) is 16.6. The third kappa shape index (κ3) is 11.4. The molecule has 0 aliphatic carbocycles. The molecule has 20 heavy (non-hydrogen) atoms. The van der Waals surface area contributed by atoms with E-state index in [4.69, 9.17) is 9.96 Å². The van der Waals surface area contributed by atoms with Crippen molar-refractivity contribution in [2.75, 3.05) is 0 Å². The summed E-state index contributed by atoms with van der Waals surface area (Å²) in [5.41, 5.74) is 2.64. The molecule has 0 spiro atoms. The van der Waals surface area contributed by atoms with E-state index in [1.807, 2.05) is 0 Å². The van der Waals surface area contributed by atoms with Gasteiger partial charge in [0.25, 0.3) is 0 Å². The molecular weight excluding hydrogens is 266 g/mol. The number of hydrogen-bond donors (Lipinski definition) is 0. The molecule has 0 fully saturated rings. The molecule has 0 saturated heterocycles. The summed E-state index contributed by atoms with van der Waals surface area (Å²) in [5.74, 6) is 0. The molecule has 0 aliphatic heterocycles. The second-order valence-electron chi connectivity index (χ2n) is 6.79. The van der Waals surface area contributed by atoms with Crippen molar-refractivity contribution in [2.45, 2.75) is 52.4 Å². The van der Waals surface area contributed by atoms with Gasteiger partial charge in [-0.05, 0) is 0 Å². The Balaban J connectivity index is 0. The molecule has 0 N–H and O–H groups in total. The minimum Gasteiger partial charge on any atom is -0.661 e. The first kappa shape index (κ1) is 23.0. The van der Waals surface area contributed by atoms with Gasteiger partial charge >= 0.3 is 37.7 Å². The van der Waals surface area contributed by atoms with Crippen LogP contribution in [0.4, 0.5) is 0 Å². The largest absolute Gasteiger partial charge is 1.00 e. The van der Waals surface area contributed by atoms with E-state index in [9.17, 15) is 0 Å². The number of benzene rings is 1. The molecule has 1 rings (SSSR count). The molecule has 0 heterocycles. The standard InChI is InChI=1S/C14H26N2Si2.2Li/c1-17(2,3)15-11-13-8-7-9-14(10-13)12-16-18(4,5)6;;/h7-10H,11-12H2,1-6H3;;/q-2;2*+1. The maximum atomic E-state index is 4.79. The molecule has 1 aromatic carbocycles. The van der Waals surface area contributed by atoms with Gasteiger partial charge in [0.05, 0.1) is 0 Å². The van der Waals surface area contributed by atoms with E-state index in [1.54, 1.807) is 0 Å². The third-order valence-electron chi connectivity index (χ3n) is 2.46. The number of hydrogen-bond acceptors (Lipinski definition) is 0. The van der Waals surface area contributed by atoms with Crippen molar-refractivity contribution in [3.05, 3.63) is 45.4 Å². The molecule has 0 saturated carbocycles. The monoisotopic (exact) mass is 292 g/mol. The summed E-state index contributed by atoms with van der Waals surface area (Å²) in [4.78, 5) is 9.59. The Bertz CT molecular complexity index is 354. The van der Waals surface area contributed by atoms with E-state index in [-0.39, 0.29) is 37.7 Å². The van der Waals surface area contributed by atoms with Crippen LogP contribution in [0.2, 0.25) is 39.3 Å². The Morgan fingerprint density at radius 1 is 0.750 bits per heavy atom. The van der Waals surface area contributed by atoms with Gasteiger partial charge in [0.2, 0.25) is 0 Å². The van der Waals surface area contributed by atoms with Gasteiger partial charge in [-0.15, -0.1) is 13.1 Å². The van der Waals surface area contributed by atoms with Gasteiger partial charge < -0.3 is 9.96 Å². The average molecular weight is 292 g/mol. The van der Waals surface area contributed by atoms with Crippen LogP contribution in [-0.2, 0) is 13.1 Å². The van der Waals surface area contributed by atoms with Crippen molar-refractivity contribution in [2.24, 2.45) is 0 Å². The third-order valence-corrected chi connectivity index (χ3v) is 4.68. The van der Waals surface area contributed by atoms with Crippen LogP contribution in [0.15, 0.2) is 24.3 Å². The summed E-state index contributed by atoms with van der Waals surface area (Å²) < 4.78 is 0. The molecule has 0 aliphatic rings. The van der Waals surface area contributed by atoms with Crippen LogP contribution in [-0.4, -0.2) is 16.5 Å². The minimum atomic E-state index is -1.30. The Kier molecular flexibility index (Phi) is 11.2. The van der Waals surface area contributed by atoms with Gasteiger partial charge in [0.15, 0.2) is 0 Å². The molecule has 1 aromatic rings. The van der Waals surface area contributed by atoms with Crippen LogP contribution in [0.3, 0.4) is 0 Å². The second-order valence-corrected chi connectivity index (χ2v) is 16.1. The summed E-state index contributed by atoms with van der Waals surface area (Å²) in [6.07, 6.45) is 0. The quantitative estimate of drug-likeness (QED) is 0.609. The molecule has 0 aromatic heterocycles. The van der Waals surface area contributed by atoms with Crippen LogP contribution in [0, 0.1) is 0 Å². The van der Waals surface area contributed by atoms with Gasteiger partial charge in [0, 0.05) is 0 Å². The first-order chi connectivity index (χ1) is 8.16. The van der Waals surface area contributed by atoms with Gasteiger partial charge in [-0.3, -0.25) is 0 Å². The van der Waals surface area contributed by atoms with Crippen LogP contribution >= 0.6 is 0 Å². The molecule has 0 bridgehead atoms. The molecule has 0 amide bonds. The molecule has 0 unspecified atom stereocenters. The predicted octanol–water partition coefficient (Wildman–Crippen LogP) is -0.888. The van der Waals surface area contributed by atoms with Crippen LogP contribution in [0.5, 0.6) is 0 Å².